The van der Waals surface area contributed by atoms with Gasteiger partial charge in [-0.2, -0.15) is 0 Å². The number of benzene rings is 3. The lowest BCUT2D eigenvalue weighted by Gasteiger charge is -2.34. The molecule has 2 heterocycles. The zero-order valence-electron chi connectivity index (χ0n) is 15.6. The summed E-state index contributed by atoms with van der Waals surface area (Å²) in [6.07, 6.45) is 1.81. The van der Waals surface area contributed by atoms with Gasteiger partial charge in [0, 0.05) is 42.9 Å². The molecule has 28 heavy (non-hydrogen) atoms. The van der Waals surface area contributed by atoms with E-state index in [1.54, 1.807) is 6.07 Å². The molecule has 4 nitrogen and oxygen atoms in total. The Hall–Kier alpha value is -2.27. The van der Waals surface area contributed by atoms with Crippen molar-refractivity contribution in [3.05, 3.63) is 64.9 Å². The second kappa shape index (κ2) is 6.96. The summed E-state index contributed by atoms with van der Waals surface area (Å²) < 4.78 is 2.02. The zero-order valence-corrected chi connectivity index (χ0v) is 17.1. The Kier molecular flexibility index (Phi) is 4.43. The van der Waals surface area contributed by atoms with E-state index >= 15 is 0 Å². The van der Waals surface area contributed by atoms with Crippen molar-refractivity contribution in [2.24, 2.45) is 0 Å². The van der Waals surface area contributed by atoms with Crippen molar-refractivity contribution >= 4 is 50.7 Å². The lowest BCUT2D eigenvalue weighted by Crippen LogP contribution is -2.44. The van der Waals surface area contributed by atoms with Crippen LogP contribution < -0.4 is 4.90 Å². The van der Waals surface area contributed by atoms with Crippen molar-refractivity contribution < 1.29 is 0 Å². The summed E-state index contributed by atoms with van der Waals surface area (Å²) in [6, 6.07) is 16.7. The van der Waals surface area contributed by atoms with E-state index in [1.165, 1.54) is 16.5 Å². The second-order valence-electron chi connectivity index (χ2n) is 7.32. The molecule has 142 valence electrons. The van der Waals surface area contributed by atoms with Gasteiger partial charge in [-0.1, -0.05) is 41.4 Å². The number of hydrogen-bond donors (Lipinski definition) is 0. The maximum absolute atomic E-state index is 6.50. The fraction of sp³-hybridized carbons (Fsp3) is 0.227. The number of rotatable bonds is 2. The number of fused-ring (bicyclic) bond motifs is 2. The van der Waals surface area contributed by atoms with Crippen LogP contribution in [0.2, 0.25) is 10.0 Å². The molecule has 0 unspecified atom stereocenters. The number of aromatic nitrogens is 2. The van der Waals surface area contributed by atoms with E-state index in [-0.39, 0.29) is 0 Å². The molecule has 1 fully saturated rings. The Balaban J connectivity index is 1.66. The highest BCUT2D eigenvalue weighted by Gasteiger charge is 2.17. The van der Waals surface area contributed by atoms with E-state index in [2.05, 4.69) is 58.2 Å². The molecule has 0 aliphatic carbocycles. The van der Waals surface area contributed by atoms with Crippen molar-refractivity contribution in [1.29, 1.82) is 0 Å². The summed E-state index contributed by atoms with van der Waals surface area (Å²) in [5.74, 6) is 0. The van der Waals surface area contributed by atoms with Gasteiger partial charge < -0.3 is 9.80 Å². The van der Waals surface area contributed by atoms with Crippen molar-refractivity contribution in [2.75, 3.05) is 38.1 Å². The van der Waals surface area contributed by atoms with Crippen LogP contribution in [-0.2, 0) is 0 Å². The lowest BCUT2D eigenvalue weighted by molar-refractivity contribution is 0.313. The van der Waals surface area contributed by atoms with Crippen LogP contribution in [0.25, 0.3) is 27.5 Å². The minimum absolute atomic E-state index is 0.532. The van der Waals surface area contributed by atoms with Gasteiger partial charge in [0.25, 0.3) is 0 Å². The lowest BCUT2D eigenvalue weighted by atomic mass is 10.1. The van der Waals surface area contributed by atoms with Crippen LogP contribution in [0.3, 0.4) is 0 Å². The molecule has 6 heteroatoms. The van der Waals surface area contributed by atoms with E-state index in [0.717, 1.165) is 42.9 Å². The van der Waals surface area contributed by atoms with Gasteiger partial charge in [0.1, 0.15) is 6.33 Å². The molecule has 0 N–H and O–H groups in total. The third-order valence-electron chi connectivity index (χ3n) is 5.57. The molecule has 1 aliphatic heterocycles. The summed E-state index contributed by atoms with van der Waals surface area (Å²) in [4.78, 5) is 9.35. The van der Waals surface area contributed by atoms with Crippen LogP contribution in [0.1, 0.15) is 0 Å². The average Bonchev–Trinajstić information content (AvgIpc) is 3.15. The minimum Gasteiger partial charge on any atom is -0.368 e. The third-order valence-corrected chi connectivity index (χ3v) is 6.36. The molecular formula is C22H20Cl2N4. The molecule has 0 bridgehead atoms. The molecule has 0 amide bonds. The van der Waals surface area contributed by atoms with Gasteiger partial charge >= 0.3 is 0 Å². The third kappa shape index (κ3) is 2.93. The number of likely N-dealkylation sites (N-methyl/N-ethyl adjacent to an activating group) is 1. The van der Waals surface area contributed by atoms with Crippen molar-refractivity contribution in [1.82, 2.24) is 14.5 Å². The normalized spacial score (nSPS) is 15.6. The summed E-state index contributed by atoms with van der Waals surface area (Å²) in [7, 11) is 2.18. The van der Waals surface area contributed by atoms with Gasteiger partial charge in [-0.15, -0.1) is 0 Å². The van der Waals surface area contributed by atoms with Crippen LogP contribution in [0.5, 0.6) is 0 Å². The molecule has 4 aromatic rings. The molecule has 1 aliphatic rings. The quantitative estimate of drug-likeness (QED) is 0.451. The van der Waals surface area contributed by atoms with Gasteiger partial charge in [-0.3, -0.25) is 4.57 Å². The predicted octanol–water partition coefficient (Wildman–Crippen LogP) is 5.24. The predicted molar refractivity (Wildman–Crippen MR) is 118 cm³/mol. The minimum atomic E-state index is 0.532. The van der Waals surface area contributed by atoms with Gasteiger partial charge in [0.2, 0.25) is 0 Å². The Morgan fingerprint density at radius 2 is 1.75 bits per heavy atom. The Labute approximate surface area is 173 Å². The largest absolute Gasteiger partial charge is 0.368 e. The number of halogens is 2. The molecule has 5 rings (SSSR count). The van der Waals surface area contributed by atoms with Crippen LogP contribution in [-0.4, -0.2) is 47.7 Å². The van der Waals surface area contributed by atoms with Crippen molar-refractivity contribution in [2.45, 2.75) is 0 Å². The zero-order chi connectivity index (χ0) is 19.3. The van der Waals surface area contributed by atoms with Crippen LogP contribution >= 0.6 is 23.2 Å². The van der Waals surface area contributed by atoms with Gasteiger partial charge in [0.15, 0.2) is 0 Å². The van der Waals surface area contributed by atoms with Gasteiger partial charge in [-0.25, -0.2) is 4.98 Å². The topological polar surface area (TPSA) is 24.3 Å². The van der Waals surface area contributed by atoms with Crippen LogP contribution in [0.4, 0.5) is 5.69 Å². The van der Waals surface area contributed by atoms with Crippen LogP contribution in [0, 0.1) is 0 Å². The standard InChI is InChI=1S/C22H20Cl2N4/c1-26-9-11-27(12-10-26)20-4-2-3-15-5-6-16(13-17(15)20)28-14-25-19-8-7-18(23)21(24)22(19)28/h2-8,13-14H,9-12H2,1H3. The highest BCUT2D eigenvalue weighted by molar-refractivity contribution is 6.45. The van der Waals surface area contributed by atoms with E-state index in [0.29, 0.717) is 10.0 Å². The van der Waals surface area contributed by atoms with Crippen LogP contribution in [0.15, 0.2) is 54.9 Å². The highest BCUT2D eigenvalue weighted by atomic mass is 35.5. The molecule has 0 atom stereocenters. The maximum atomic E-state index is 6.50. The fourth-order valence-electron chi connectivity index (χ4n) is 3.95. The molecule has 0 spiro atoms. The van der Waals surface area contributed by atoms with Crippen molar-refractivity contribution in [3.8, 4) is 5.69 Å². The Morgan fingerprint density at radius 3 is 2.57 bits per heavy atom. The highest BCUT2D eigenvalue weighted by Crippen LogP contribution is 2.34. The van der Waals surface area contributed by atoms with E-state index in [4.69, 9.17) is 23.2 Å². The molecule has 1 saturated heterocycles. The number of hydrogen-bond acceptors (Lipinski definition) is 3. The number of piperazine rings is 1. The first kappa shape index (κ1) is 17.8. The smallest absolute Gasteiger partial charge is 0.100 e. The first-order valence-corrected chi connectivity index (χ1v) is 10.1. The Morgan fingerprint density at radius 1 is 0.929 bits per heavy atom. The van der Waals surface area contributed by atoms with Gasteiger partial charge in [-0.05, 0) is 42.8 Å². The van der Waals surface area contributed by atoms with E-state index < -0.39 is 0 Å². The fourth-order valence-corrected chi connectivity index (χ4v) is 4.36. The number of nitrogens with zero attached hydrogens (tertiary/aromatic N) is 4. The molecule has 0 saturated carbocycles. The Bertz CT molecular complexity index is 1180. The molecule has 0 radical (unpaired) electrons. The average molecular weight is 411 g/mol. The first-order valence-electron chi connectivity index (χ1n) is 9.39. The number of imidazole rings is 1. The summed E-state index contributed by atoms with van der Waals surface area (Å²) in [6.45, 7) is 4.23. The maximum Gasteiger partial charge on any atom is 0.100 e. The monoisotopic (exact) mass is 410 g/mol. The summed E-state index contributed by atoms with van der Waals surface area (Å²) in [5, 5.41) is 3.54. The number of anilines is 1. The molecule has 3 aromatic carbocycles. The molecular weight excluding hydrogens is 391 g/mol. The molecule has 1 aromatic heterocycles. The van der Waals surface area contributed by atoms with E-state index in [1.807, 2.05) is 17.0 Å². The summed E-state index contributed by atoms with van der Waals surface area (Å²) >= 11 is 12.8. The first-order chi connectivity index (χ1) is 13.6. The summed E-state index contributed by atoms with van der Waals surface area (Å²) in [5.41, 5.74) is 3.98. The van der Waals surface area contributed by atoms with Crippen molar-refractivity contribution in [3.63, 3.8) is 0 Å². The van der Waals surface area contributed by atoms with E-state index in [9.17, 15) is 0 Å². The van der Waals surface area contributed by atoms with Gasteiger partial charge in [0.05, 0.1) is 21.1 Å². The SMILES string of the molecule is CN1CCN(c2cccc3ccc(-n4cnc5ccc(Cl)c(Cl)c54)cc23)CC1. The second-order valence-corrected chi connectivity index (χ2v) is 8.10.